The normalized spacial score (nSPS) is 18.5. The first-order chi connectivity index (χ1) is 12.1. The number of hydrogen-bond donors (Lipinski definition) is 1. The van der Waals surface area contributed by atoms with Gasteiger partial charge in [-0.2, -0.15) is 23.4 Å². The van der Waals surface area contributed by atoms with Gasteiger partial charge < -0.3 is 5.11 Å². The van der Waals surface area contributed by atoms with Crippen molar-refractivity contribution in [3.05, 3.63) is 29.7 Å². The molecule has 26 heavy (non-hydrogen) atoms. The summed E-state index contributed by atoms with van der Waals surface area (Å²) >= 11 is 0. The quantitative estimate of drug-likeness (QED) is 0.893. The maximum absolute atomic E-state index is 13.2. The Balaban J connectivity index is 1.90. The molecule has 8 nitrogen and oxygen atoms in total. The summed E-state index contributed by atoms with van der Waals surface area (Å²) in [5.41, 5.74) is 0.287. The molecule has 11 heteroatoms. The molecule has 1 aliphatic heterocycles. The molecule has 3 heterocycles. The van der Waals surface area contributed by atoms with E-state index in [1.165, 1.54) is 28.8 Å². The molecule has 2 atom stereocenters. The minimum absolute atomic E-state index is 0.0681. The van der Waals surface area contributed by atoms with Crippen molar-refractivity contribution < 1.29 is 27.9 Å². The zero-order chi connectivity index (χ0) is 19.2. The molecule has 1 aliphatic rings. The van der Waals surface area contributed by atoms with Crippen LogP contribution in [0.1, 0.15) is 41.5 Å². The molecule has 2 aromatic rings. The van der Waals surface area contributed by atoms with Crippen LogP contribution in [-0.2, 0) is 4.79 Å². The van der Waals surface area contributed by atoms with Crippen molar-refractivity contribution in [1.82, 2.24) is 19.6 Å². The molecule has 1 amide bonds. The Morgan fingerprint density at radius 1 is 1.38 bits per heavy atom. The maximum Gasteiger partial charge on any atom is 0.410 e. The Morgan fingerprint density at radius 2 is 2.08 bits per heavy atom. The Bertz CT molecular complexity index is 857. The predicted octanol–water partition coefficient (Wildman–Crippen LogP) is 2.19. The highest BCUT2D eigenvalue weighted by Gasteiger charge is 2.46. The second-order valence-corrected chi connectivity index (χ2v) is 6.11. The molecule has 3 rings (SSSR count). The molecular weight excluding hydrogens is 355 g/mol. The van der Waals surface area contributed by atoms with Gasteiger partial charge in [0.15, 0.2) is 6.04 Å². The van der Waals surface area contributed by atoms with E-state index in [1.54, 1.807) is 6.92 Å². The van der Waals surface area contributed by atoms with Crippen LogP contribution < -0.4 is 4.90 Å². The lowest BCUT2D eigenvalue weighted by Crippen LogP contribution is -2.45. The Hall–Kier alpha value is -2.85. The molecule has 0 saturated carbocycles. The van der Waals surface area contributed by atoms with E-state index >= 15 is 0 Å². The molecule has 0 radical (unpaired) electrons. The Morgan fingerprint density at radius 3 is 2.65 bits per heavy atom. The molecule has 0 aliphatic carbocycles. The number of carboxylic acid groups (broad SMARTS) is 1. The minimum atomic E-state index is -4.47. The molecular formula is C15H16F3N5O3. The molecule has 0 fully saturated rings. The molecule has 140 valence electrons. The van der Waals surface area contributed by atoms with Crippen LogP contribution in [0.25, 0.3) is 0 Å². The number of aryl methyl sites for hydroxylation is 1. The lowest BCUT2D eigenvalue weighted by Gasteiger charge is -2.35. The average molecular weight is 371 g/mol. The van der Waals surface area contributed by atoms with Crippen LogP contribution in [-0.4, -0.2) is 49.3 Å². The van der Waals surface area contributed by atoms with Gasteiger partial charge in [0.1, 0.15) is 11.9 Å². The number of hydrogen-bond acceptors (Lipinski definition) is 4. The summed E-state index contributed by atoms with van der Waals surface area (Å²) in [7, 11) is 0. The summed E-state index contributed by atoms with van der Waals surface area (Å²) in [6.45, 7) is 2.94. The molecule has 0 aromatic carbocycles. The Labute approximate surface area is 145 Å². The van der Waals surface area contributed by atoms with Crippen molar-refractivity contribution in [2.75, 3.05) is 11.4 Å². The number of aromatic nitrogens is 4. The fraction of sp³-hybridized carbons (Fsp3) is 0.467. The van der Waals surface area contributed by atoms with E-state index < -0.39 is 30.1 Å². The number of anilines is 1. The first-order valence-electron chi connectivity index (χ1n) is 7.81. The SMILES string of the molecule is Cc1cc2n(n1)C(C(F)(F)F)CCN2C(=O)C(C)n1cc(C(=O)O)cn1. The van der Waals surface area contributed by atoms with Gasteiger partial charge >= 0.3 is 12.1 Å². The third-order valence-electron chi connectivity index (χ3n) is 4.28. The van der Waals surface area contributed by atoms with E-state index in [-0.39, 0.29) is 24.3 Å². The number of amides is 1. The largest absolute Gasteiger partial charge is 0.478 e. The summed E-state index contributed by atoms with van der Waals surface area (Å²) in [5.74, 6) is -1.61. The number of rotatable bonds is 3. The van der Waals surface area contributed by atoms with Gasteiger partial charge in [-0.25, -0.2) is 9.48 Å². The summed E-state index contributed by atoms with van der Waals surface area (Å²) in [5, 5.41) is 16.7. The summed E-state index contributed by atoms with van der Waals surface area (Å²) in [6.07, 6.45) is -2.46. The predicted molar refractivity (Wildman–Crippen MR) is 82.9 cm³/mol. The number of nitrogens with zero attached hydrogens (tertiary/aromatic N) is 5. The Kier molecular flexibility index (Phi) is 4.24. The van der Waals surface area contributed by atoms with Crippen molar-refractivity contribution in [3.8, 4) is 0 Å². The number of aromatic carboxylic acids is 1. The van der Waals surface area contributed by atoms with E-state index in [9.17, 15) is 22.8 Å². The minimum Gasteiger partial charge on any atom is -0.478 e. The highest BCUT2D eigenvalue weighted by atomic mass is 19.4. The van der Waals surface area contributed by atoms with E-state index in [4.69, 9.17) is 5.11 Å². The standard InChI is InChI=1S/C15H16F3N5O3/c1-8-5-12-21(4-3-11(15(16,17)18)23(12)20-8)13(24)9(2)22-7-10(6-19-22)14(25)26/h5-7,9,11H,3-4H2,1-2H3,(H,25,26). The topological polar surface area (TPSA) is 93.2 Å². The third-order valence-corrected chi connectivity index (χ3v) is 4.28. The first kappa shape index (κ1) is 18.0. The van der Waals surface area contributed by atoms with E-state index in [2.05, 4.69) is 10.2 Å². The smallest absolute Gasteiger partial charge is 0.410 e. The van der Waals surface area contributed by atoms with Crippen molar-refractivity contribution >= 4 is 17.7 Å². The van der Waals surface area contributed by atoms with E-state index in [0.717, 1.165) is 10.9 Å². The van der Waals surface area contributed by atoms with Gasteiger partial charge in [-0.05, 0) is 20.3 Å². The molecule has 1 N–H and O–H groups in total. The maximum atomic E-state index is 13.2. The van der Waals surface area contributed by atoms with Gasteiger partial charge in [0.25, 0.3) is 5.91 Å². The number of fused-ring (bicyclic) bond motifs is 1. The van der Waals surface area contributed by atoms with Gasteiger partial charge in [0.2, 0.25) is 0 Å². The van der Waals surface area contributed by atoms with Gasteiger partial charge in [-0.1, -0.05) is 0 Å². The zero-order valence-corrected chi connectivity index (χ0v) is 13.9. The van der Waals surface area contributed by atoms with Crippen LogP contribution in [0.2, 0.25) is 0 Å². The third kappa shape index (κ3) is 3.04. The lowest BCUT2D eigenvalue weighted by atomic mass is 10.1. The van der Waals surface area contributed by atoms with Crippen molar-refractivity contribution in [3.63, 3.8) is 0 Å². The van der Waals surface area contributed by atoms with Crippen LogP contribution in [0.15, 0.2) is 18.5 Å². The number of carboxylic acids is 1. The molecule has 2 aromatic heterocycles. The first-order valence-corrected chi connectivity index (χ1v) is 7.81. The number of carbonyl (C=O) groups is 2. The summed E-state index contributed by atoms with van der Waals surface area (Å²) in [6, 6.07) is -1.24. The van der Waals surface area contributed by atoms with Crippen molar-refractivity contribution in [2.24, 2.45) is 0 Å². The molecule has 0 bridgehead atoms. The number of alkyl halides is 3. The van der Waals surface area contributed by atoms with Gasteiger partial charge in [0.05, 0.1) is 17.5 Å². The number of carbonyl (C=O) groups excluding carboxylic acids is 1. The number of halogens is 3. The second-order valence-electron chi connectivity index (χ2n) is 6.11. The van der Waals surface area contributed by atoms with Crippen LogP contribution in [0.4, 0.5) is 19.0 Å². The lowest BCUT2D eigenvalue weighted by molar-refractivity contribution is -0.173. The summed E-state index contributed by atoms with van der Waals surface area (Å²) in [4.78, 5) is 25.0. The van der Waals surface area contributed by atoms with Gasteiger partial charge in [-0.15, -0.1) is 0 Å². The average Bonchev–Trinajstić information content (AvgIpc) is 3.17. The molecule has 0 saturated heterocycles. The summed E-state index contributed by atoms with van der Waals surface area (Å²) < 4.78 is 41.7. The van der Waals surface area contributed by atoms with Gasteiger partial charge in [-0.3, -0.25) is 14.4 Å². The highest BCUT2D eigenvalue weighted by Crippen LogP contribution is 2.40. The van der Waals surface area contributed by atoms with Crippen LogP contribution in [0.3, 0.4) is 0 Å². The molecule has 2 unspecified atom stereocenters. The van der Waals surface area contributed by atoms with E-state index in [1.807, 2.05) is 0 Å². The second kappa shape index (κ2) is 6.15. The molecule has 0 spiro atoms. The monoisotopic (exact) mass is 371 g/mol. The van der Waals surface area contributed by atoms with Crippen molar-refractivity contribution in [1.29, 1.82) is 0 Å². The van der Waals surface area contributed by atoms with Crippen LogP contribution in [0, 0.1) is 6.92 Å². The van der Waals surface area contributed by atoms with E-state index in [0.29, 0.717) is 5.69 Å². The fourth-order valence-corrected chi connectivity index (χ4v) is 2.95. The fourth-order valence-electron chi connectivity index (χ4n) is 2.95. The van der Waals surface area contributed by atoms with Crippen molar-refractivity contribution in [2.45, 2.75) is 38.5 Å². The highest BCUT2D eigenvalue weighted by molar-refractivity contribution is 5.95. The van der Waals surface area contributed by atoms with Crippen LogP contribution >= 0.6 is 0 Å². The van der Waals surface area contributed by atoms with Gasteiger partial charge in [0, 0.05) is 18.8 Å². The van der Waals surface area contributed by atoms with Crippen LogP contribution in [0.5, 0.6) is 0 Å². The zero-order valence-electron chi connectivity index (χ0n) is 13.9.